The van der Waals surface area contributed by atoms with E-state index in [0.717, 1.165) is 38.8 Å². The summed E-state index contributed by atoms with van der Waals surface area (Å²) in [6.45, 7) is 2.95. The number of fused-ring (bicyclic) bond motifs is 1. The zero-order chi connectivity index (χ0) is 14.3. The summed E-state index contributed by atoms with van der Waals surface area (Å²) >= 11 is 0. The molecule has 3 heteroatoms. The molecule has 2 rings (SSSR count). The normalized spacial score (nSPS) is 21.7. The summed E-state index contributed by atoms with van der Waals surface area (Å²) in [5.74, 6) is 0. The van der Waals surface area contributed by atoms with E-state index >= 15 is 0 Å². The Kier molecular flexibility index (Phi) is 6.02. The Balaban J connectivity index is 1.82. The molecule has 1 atom stereocenters. The number of hydrogen-bond acceptors (Lipinski definition) is 3. The average molecular weight is 277 g/mol. The van der Waals surface area contributed by atoms with Crippen molar-refractivity contribution >= 4 is 0 Å². The molecule has 1 unspecified atom stereocenters. The maximum Gasteiger partial charge on any atom is 0.0700 e. The van der Waals surface area contributed by atoms with Crippen molar-refractivity contribution < 1.29 is 9.47 Å². The second-order valence-corrected chi connectivity index (χ2v) is 5.86. The predicted octanol–water partition coefficient (Wildman–Crippen LogP) is 2.56. The van der Waals surface area contributed by atoms with Crippen molar-refractivity contribution in [2.75, 3.05) is 33.5 Å². The molecule has 0 heterocycles. The Bertz CT molecular complexity index is 408. The fourth-order valence-corrected chi connectivity index (χ4v) is 3.15. The van der Waals surface area contributed by atoms with Gasteiger partial charge in [0.2, 0.25) is 0 Å². The number of hydrogen-bond donors (Lipinski definition) is 1. The van der Waals surface area contributed by atoms with Crippen LogP contribution in [0.3, 0.4) is 0 Å². The molecule has 0 saturated carbocycles. The van der Waals surface area contributed by atoms with E-state index in [0.29, 0.717) is 13.2 Å². The molecule has 0 bridgehead atoms. The van der Waals surface area contributed by atoms with E-state index in [1.165, 1.54) is 17.5 Å². The molecule has 3 nitrogen and oxygen atoms in total. The molecule has 0 aromatic heterocycles. The van der Waals surface area contributed by atoms with Gasteiger partial charge in [-0.25, -0.2) is 0 Å². The third kappa shape index (κ3) is 4.05. The standard InChI is InChI=1S/C17H27NO2/c1-19-11-12-20-10-4-8-17(14-18)9-7-15-5-2-3-6-16(15)13-17/h2-3,5-6H,4,7-14,18H2,1H3. The topological polar surface area (TPSA) is 44.5 Å². The third-order valence-corrected chi connectivity index (χ3v) is 4.47. The lowest BCUT2D eigenvalue weighted by Gasteiger charge is -2.37. The largest absolute Gasteiger partial charge is 0.382 e. The maximum absolute atomic E-state index is 6.10. The molecular weight excluding hydrogens is 250 g/mol. The average Bonchev–Trinajstić information content (AvgIpc) is 2.50. The first-order chi connectivity index (χ1) is 9.79. The van der Waals surface area contributed by atoms with Gasteiger partial charge in [-0.15, -0.1) is 0 Å². The van der Waals surface area contributed by atoms with Crippen LogP contribution in [-0.4, -0.2) is 33.5 Å². The van der Waals surface area contributed by atoms with Gasteiger partial charge in [-0.05, 0) is 55.2 Å². The van der Waals surface area contributed by atoms with Crippen LogP contribution in [0.1, 0.15) is 30.4 Å². The van der Waals surface area contributed by atoms with E-state index in [1.54, 1.807) is 7.11 Å². The van der Waals surface area contributed by atoms with Crippen LogP contribution in [0.5, 0.6) is 0 Å². The van der Waals surface area contributed by atoms with Crippen LogP contribution in [0.25, 0.3) is 0 Å². The van der Waals surface area contributed by atoms with Crippen LogP contribution in [0, 0.1) is 5.41 Å². The number of methoxy groups -OCH3 is 1. The van der Waals surface area contributed by atoms with Gasteiger partial charge >= 0.3 is 0 Å². The van der Waals surface area contributed by atoms with Gasteiger partial charge in [0.1, 0.15) is 0 Å². The van der Waals surface area contributed by atoms with Gasteiger partial charge in [0, 0.05) is 13.7 Å². The van der Waals surface area contributed by atoms with Gasteiger partial charge in [-0.1, -0.05) is 24.3 Å². The molecule has 0 saturated heterocycles. The summed E-state index contributed by atoms with van der Waals surface area (Å²) in [6, 6.07) is 8.79. The number of rotatable bonds is 8. The van der Waals surface area contributed by atoms with E-state index in [2.05, 4.69) is 24.3 Å². The Morgan fingerprint density at radius 3 is 2.70 bits per heavy atom. The van der Waals surface area contributed by atoms with Crippen molar-refractivity contribution in [3.05, 3.63) is 35.4 Å². The van der Waals surface area contributed by atoms with Gasteiger partial charge in [-0.2, -0.15) is 0 Å². The molecule has 0 fully saturated rings. The predicted molar refractivity (Wildman–Crippen MR) is 81.9 cm³/mol. The zero-order valence-electron chi connectivity index (χ0n) is 12.6. The lowest BCUT2D eigenvalue weighted by Crippen LogP contribution is -2.36. The van der Waals surface area contributed by atoms with Gasteiger partial charge in [0.05, 0.1) is 13.2 Å². The number of benzene rings is 1. The molecule has 112 valence electrons. The first-order valence-electron chi connectivity index (χ1n) is 7.63. The lowest BCUT2D eigenvalue weighted by atomic mass is 9.69. The number of nitrogens with two attached hydrogens (primary N) is 1. The highest BCUT2D eigenvalue weighted by atomic mass is 16.5. The Morgan fingerprint density at radius 1 is 1.15 bits per heavy atom. The fraction of sp³-hybridized carbons (Fsp3) is 0.647. The van der Waals surface area contributed by atoms with Crippen molar-refractivity contribution in [2.45, 2.75) is 32.1 Å². The van der Waals surface area contributed by atoms with Crippen LogP contribution in [-0.2, 0) is 22.3 Å². The molecule has 1 aliphatic rings. The molecule has 1 aromatic carbocycles. The fourth-order valence-electron chi connectivity index (χ4n) is 3.15. The van der Waals surface area contributed by atoms with Crippen molar-refractivity contribution in [3.8, 4) is 0 Å². The highest BCUT2D eigenvalue weighted by molar-refractivity contribution is 5.31. The number of aryl methyl sites for hydroxylation is 1. The highest BCUT2D eigenvalue weighted by Crippen LogP contribution is 2.38. The molecular formula is C17H27NO2. The van der Waals surface area contributed by atoms with E-state index < -0.39 is 0 Å². The minimum atomic E-state index is 0.277. The summed E-state index contributed by atoms with van der Waals surface area (Å²) in [5.41, 5.74) is 9.37. The summed E-state index contributed by atoms with van der Waals surface area (Å²) in [6.07, 6.45) is 5.74. The van der Waals surface area contributed by atoms with Gasteiger partial charge < -0.3 is 15.2 Å². The monoisotopic (exact) mass is 277 g/mol. The van der Waals surface area contributed by atoms with Crippen LogP contribution in [0.15, 0.2) is 24.3 Å². The molecule has 0 aliphatic heterocycles. The van der Waals surface area contributed by atoms with E-state index in [9.17, 15) is 0 Å². The second-order valence-electron chi connectivity index (χ2n) is 5.86. The first-order valence-corrected chi connectivity index (χ1v) is 7.63. The van der Waals surface area contributed by atoms with Crippen LogP contribution in [0.2, 0.25) is 0 Å². The van der Waals surface area contributed by atoms with Crippen molar-refractivity contribution in [2.24, 2.45) is 11.1 Å². The van der Waals surface area contributed by atoms with E-state index in [-0.39, 0.29) is 5.41 Å². The van der Waals surface area contributed by atoms with Gasteiger partial charge in [0.25, 0.3) is 0 Å². The van der Waals surface area contributed by atoms with Crippen LogP contribution >= 0.6 is 0 Å². The Morgan fingerprint density at radius 2 is 1.95 bits per heavy atom. The third-order valence-electron chi connectivity index (χ3n) is 4.47. The number of ether oxygens (including phenoxy) is 2. The molecule has 1 aliphatic carbocycles. The van der Waals surface area contributed by atoms with Crippen LogP contribution in [0.4, 0.5) is 0 Å². The van der Waals surface area contributed by atoms with Crippen molar-refractivity contribution in [3.63, 3.8) is 0 Å². The Labute approximate surface area is 122 Å². The Hall–Kier alpha value is -0.900. The summed E-state index contributed by atoms with van der Waals surface area (Å²) in [7, 11) is 1.70. The van der Waals surface area contributed by atoms with E-state index in [4.69, 9.17) is 15.2 Å². The van der Waals surface area contributed by atoms with Crippen molar-refractivity contribution in [1.29, 1.82) is 0 Å². The zero-order valence-corrected chi connectivity index (χ0v) is 12.6. The molecule has 2 N–H and O–H groups in total. The molecule has 0 radical (unpaired) electrons. The molecule has 0 amide bonds. The minimum Gasteiger partial charge on any atom is -0.382 e. The summed E-state index contributed by atoms with van der Waals surface area (Å²) in [4.78, 5) is 0. The highest BCUT2D eigenvalue weighted by Gasteiger charge is 2.32. The smallest absolute Gasteiger partial charge is 0.0700 e. The van der Waals surface area contributed by atoms with E-state index in [1.807, 2.05) is 0 Å². The summed E-state index contributed by atoms with van der Waals surface area (Å²) < 4.78 is 10.5. The SMILES string of the molecule is COCCOCCCC1(CN)CCc2ccccc2C1. The minimum absolute atomic E-state index is 0.277. The first kappa shape index (κ1) is 15.5. The van der Waals surface area contributed by atoms with Crippen molar-refractivity contribution in [1.82, 2.24) is 0 Å². The quantitative estimate of drug-likeness (QED) is 0.743. The summed E-state index contributed by atoms with van der Waals surface area (Å²) in [5, 5.41) is 0. The van der Waals surface area contributed by atoms with Gasteiger partial charge in [0.15, 0.2) is 0 Å². The maximum atomic E-state index is 6.10. The lowest BCUT2D eigenvalue weighted by molar-refractivity contribution is 0.0626. The molecule has 0 spiro atoms. The van der Waals surface area contributed by atoms with Crippen LogP contribution < -0.4 is 5.73 Å². The molecule has 20 heavy (non-hydrogen) atoms. The second kappa shape index (κ2) is 7.77. The molecule has 1 aromatic rings. The van der Waals surface area contributed by atoms with Gasteiger partial charge in [-0.3, -0.25) is 0 Å².